The standard InChI is InChI=1S/2C8H13N.2C2H6.2CH4/c1-7(2)8-4-5-9(3)6-8;1-7(2)8-5-4-6-9(8)3;2*1-2;;/h2*4-7H,1-3H3;2*1-2H3;2*1H4. The lowest BCUT2D eigenvalue weighted by Crippen LogP contribution is -1.95. The molecule has 0 fully saturated rings. The summed E-state index contributed by atoms with van der Waals surface area (Å²) >= 11 is 0. The molecule has 2 rings (SSSR count). The maximum Gasteiger partial charge on any atom is 0.0197 e. The van der Waals surface area contributed by atoms with Crippen molar-refractivity contribution in [3.8, 4) is 0 Å². The lowest BCUT2D eigenvalue weighted by molar-refractivity contribution is 0.741. The van der Waals surface area contributed by atoms with Crippen molar-refractivity contribution in [2.24, 2.45) is 14.1 Å². The van der Waals surface area contributed by atoms with Crippen LogP contribution in [0.2, 0.25) is 0 Å². The normalized spacial score (nSPS) is 8.50. The number of nitrogens with zero attached hydrogens (tertiary/aromatic N) is 2. The zero-order valence-corrected chi connectivity index (χ0v) is 16.5. The number of aryl methyl sites for hydroxylation is 2. The molecule has 0 unspecified atom stereocenters. The summed E-state index contributed by atoms with van der Waals surface area (Å²) in [4.78, 5) is 0. The molecule has 0 saturated carbocycles. The molecule has 2 heterocycles. The van der Waals surface area contributed by atoms with E-state index in [-0.39, 0.29) is 14.9 Å². The van der Waals surface area contributed by atoms with Crippen LogP contribution in [0.4, 0.5) is 0 Å². The second kappa shape index (κ2) is 17.9. The Morgan fingerprint density at radius 1 is 0.750 bits per heavy atom. The number of aromatic nitrogens is 2. The third kappa shape index (κ3) is 12.0. The molecule has 0 N–H and O–H groups in total. The zero-order chi connectivity index (χ0) is 17.7. The predicted octanol–water partition coefficient (Wildman–Crippen LogP) is 7.62. The average Bonchev–Trinajstić information content (AvgIpc) is 3.12. The summed E-state index contributed by atoms with van der Waals surface area (Å²) < 4.78 is 4.24. The summed E-state index contributed by atoms with van der Waals surface area (Å²) in [7, 11) is 4.13. The van der Waals surface area contributed by atoms with Gasteiger partial charge in [0, 0.05) is 38.4 Å². The molecule has 2 aromatic heterocycles. The molecule has 0 aliphatic heterocycles. The highest BCUT2D eigenvalue weighted by atomic mass is 14.9. The summed E-state index contributed by atoms with van der Waals surface area (Å²) in [5, 5.41) is 0. The summed E-state index contributed by atoms with van der Waals surface area (Å²) in [5.41, 5.74) is 2.81. The van der Waals surface area contributed by atoms with Crippen molar-refractivity contribution in [3.63, 3.8) is 0 Å². The van der Waals surface area contributed by atoms with E-state index in [1.807, 2.05) is 34.7 Å². The first-order valence-electron chi connectivity index (χ1n) is 8.65. The molecule has 0 spiro atoms. The monoisotopic (exact) mass is 338 g/mol. The summed E-state index contributed by atoms with van der Waals surface area (Å²) in [6.07, 6.45) is 6.31. The third-order valence-electron chi connectivity index (χ3n) is 3.10. The minimum Gasteiger partial charge on any atom is -0.357 e. The van der Waals surface area contributed by atoms with Gasteiger partial charge >= 0.3 is 0 Å². The molecule has 2 aromatic rings. The van der Waals surface area contributed by atoms with Gasteiger partial charge in [0.1, 0.15) is 0 Å². The molecule has 2 heteroatoms. The molecule has 0 amide bonds. The molecule has 0 aliphatic rings. The van der Waals surface area contributed by atoms with E-state index in [4.69, 9.17) is 0 Å². The zero-order valence-electron chi connectivity index (χ0n) is 16.5. The van der Waals surface area contributed by atoms with Gasteiger partial charge in [-0.05, 0) is 35.6 Å². The Morgan fingerprint density at radius 2 is 1.25 bits per heavy atom. The topological polar surface area (TPSA) is 9.86 Å². The molecular weight excluding hydrogens is 292 g/mol. The van der Waals surface area contributed by atoms with Gasteiger partial charge in [-0.1, -0.05) is 70.2 Å². The van der Waals surface area contributed by atoms with Crippen LogP contribution >= 0.6 is 0 Å². The Balaban J connectivity index is -0.000000129. The highest BCUT2D eigenvalue weighted by Gasteiger charge is 1.99. The molecule has 0 radical (unpaired) electrons. The molecule has 0 bridgehead atoms. The van der Waals surface area contributed by atoms with Crippen LogP contribution < -0.4 is 0 Å². The van der Waals surface area contributed by atoms with Crippen molar-refractivity contribution >= 4 is 0 Å². The molecule has 144 valence electrons. The molecule has 0 saturated heterocycles. The van der Waals surface area contributed by atoms with Crippen molar-refractivity contribution in [2.45, 2.75) is 82.1 Å². The Morgan fingerprint density at radius 3 is 1.42 bits per heavy atom. The Hall–Kier alpha value is -1.44. The first-order chi connectivity index (χ1) is 10.4. The van der Waals surface area contributed by atoms with Gasteiger partial charge in [-0.15, -0.1) is 0 Å². The van der Waals surface area contributed by atoms with Gasteiger partial charge in [0.2, 0.25) is 0 Å². The second-order valence-electron chi connectivity index (χ2n) is 5.46. The van der Waals surface area contributed by atoms with Gasteiger partial charge < -0.3 is 9.13 Å². The highest BCUT2D eigenvalue weighted by Crippen LogP contribution is 2.13. The van der Waals surface area contributed by atoms with Crippen molar-refractivity contribution in [2.75, 3.05) is 0 Å². The van der Waals surface area contributed by atoms with Crippen LogP contribution in [0, 0.1) is 0 Å². The summed E-state index contributed by atoms with van der Waals surface area (Å²) in [6.45, 7) is 16.8. The maximum absolute atomic E-state index is 2.20. The van der Waals surface area contributed by atoms with Crippen LogP contribution in [0.1, 0.15) is 93.3 Å². The van der Waals surface area contributed by atoms with E-state index < -0.39 is 0 Å². The van der Waals surface area contributed by atoms with Gasteiger partial charge in [-0.3, -0.25) is 0 Å². The summed E-state index contributed by atoms with van der Waals surface area (Å²) in [5.74, 6) is 1.30. The SMILES string of the molecule is C.C.CC.CC.CC(C)c1cccn1C.CC(C)c1ccn(C)c1. The first-order valence-corrected chi connectivity index (χ1v) is 8.65. The van der Waals surface area contributed by atoms with Gasteiger partial charge in [-0.2, -0.15) is 0 Å². The van der Waals surface area contributed by atoms with E-state index in [1.54, 1.807) is 0 Å². The van der Waals surface area contributed by atoms with Crippen LogP contribution in [-0.2, 0) is 14.1 Å². The highest BCUT2D eigenvalue weighted by molar-refractivity contribution is 5.13. The average molecular weight is 339 g/mol. The van der Waals surface area contributed by atoms with Crippen molar-refractivity contribution in [1.29, 1.82) is 0 Å². The third-order valence-corrected chi connectivity index (χ3v) is 3.10. The number of rotatable bonds is 2. The van der Waals surface area contributed by atoms with Gasteiger partial charge in [-0.25, -0.2) is 0 Å². The fourth-order valence-corrected chi connectivity index (χ4v) is 1.94. The van der Waals surface area contributed by atoms with Crippen LogP contribution in [0.15, 0.2) is 36.8 Å². The van der Waals surface area contributed by atoms with Gasteiger partial charge in [0.05, 0.1) is 0 Å². The van der Waals surface area contributed by atoms with Crippen LogP contribution in [0.3, 0.4) is 0 Å². The molecule has 0 aliphatic carbocycles. The number of hydrogen-bond donors (Lipinski definition) is 0. The van der Waals surface area contributed by atoms with Gasteiger partial charge in [0.25, 0.3) is 0 Å². The quantitative estimate of drug-likeness (QED) is 0.533. The largest absolute Gasteiger partial charge is 0.357 e. The number of hydrogen-bond acceptors (Lipinski definition) is 0. The minimum absolute atomic E-state index is 0. The van der Waals surface area contributed by atoms with Crippen LogP contribution in [-0.4, -0.2) is 9.13 Å². The predicted molar refractivity (Wildman–Crippen MR) is 115 cm³/mol. The fraction of sp³-hybridized carbons (Fsp3) is 0.636. The minimum atomic E-state index is 0. The van der Waals surface area contributed by atoms with Crippen LogP contribution in [0.5, 0.6) is 0 Å². The second-order valence-corrected chi connectivity index (χ2v) is 5.46. The van der Waals surface area contributed by atoms with Crippen molar-refractivity contribution in [1.82, 2.24) is 9.13 Å². The maximum atomic E-state index is 2.20. The van der Waals surface area contributed by atoms with E-state index in [0.717, 1.165) is 0 Å². The van der Waals surface area contributed by atoms with E-state index >= 15 is 0 Å². The molecular formula is C22H46N2. The first kappa shape index (κ1) is 30.4. The lowest BCUT2D eigenvalue weighted by Gasteiger charge is -2.04. The summed E-state index contributed by atoms with van der Waals surface area (Å²) in [6, 6.07) is 6.39. The lowest BCUT2D eigenvalue weighted by atomic mass is 10.1. The molecule has 0 aromatic carbocycles. The Bertz CT molecular complexity index is 462. The Kier molecular flexibility index (Phi) is 22.7. The van der Waals surface area contributed by atoms with Crippen molar-refractivity contribution in [3.05, 3.63) is 48.0 Å². The smallest absolute Gasteiger partial charge is 0.0197 e. The van der Waals surface area contributed by atoms with Crippen LogP contribution in [0.25, 0.3) is 0 Å². The molecule has 24 heavy (non-hydrogen) atoms. The van der Waals surface area contributed by atoms with E-state index in [0.29, 0.717) is 11.8 Å². The Labute approximate surface area is 153 Å². The van der Waals surface area contributed by atoms with E-state index in [2.05, 4.69) is 80.7 Å². The van der Waals surface area contributed by atoms with E-state index in [1.165, 1.54) is 11.3 Å². The molecule has 2 nitrogen and oxygen atoms in total. The van der Waals surface area contributed by atoms with Gasteiger partial charge in [0.15, 0.2) is 0 Å². The van der Waals surface area contributed by atoms with E-state index in [9.17, 15) is 0 Å². The fourth-order valence-electron chi connectivity index (χ4n) is 1.94. The van der Waals surface area contributed by atoms with Crippen molar-refractivity contribution < 1.29 is 0 Å². The molecule has 0 atom stereocenters.